The molecule has 2 rings (SSSR count). The van der Waals surface area contributed by atoms with Crippen LogP contribution in [0.3, 0.4) is 0 Å². The molecule has 0 aliphatic carbocycles. The van der Waals surface area contributed by atoms with Crippen LogP contribution < -0.4 is 15.8 Å². The number of rotatable bonds is 4. The molecular weight excluding hydrogens is 252 g/mol. The molecule has 1 amide bonds. The van der Waals surface area contributed by atoms with E-state index in [2.05, 4.69) is 5.32 Å². The van der Waals surface area contributed by atoms with Gasteiger partial charge in [-0.1, -0.05) is 31.2 Å². The number of para-hydroxylation sites is 2. The number of nitrogens with one attached hydrogen (secondary N) is 1. The standard InChI is InChI=1S/C16H18N2O2/c1-3-11-7-4-5-9-13(11)18-16(19)12-8-6-10-14(20-2)15(12)17/h4-10H,3,17H2,1-2H3,(H,18,19). The van der Waals surface area contributed by atoms with Crippen molar-refractivity contribution in [2.45, 2.75) is 13.3 Å². The first-order valence-corrected chi connectivity index (χ1v) is 6.49. The van der Waals surface area contributed by atoms with Crippen LogP contribution in [0.2, 0.25) is 0 Å². The van der Waals surface area contributed by atoms with Crippen molar-refractivity contribution in [3.05, 3.63) is 53.6 Å². The predicted molar refractivity (Wildman–Crippen MR) is 81.2 cm³/mol. The molecule has 0 atom stereocenters. The molecule has 0 aliphatic heterocycles. The topological polar surface area (TPSA) is 64.3 Å². The minimum Gasteiger partial charge on any atom is -0.495 e. The second kappa shape index (κ2) is 6.10. The van der Waals surface area contributed by atoms with Gasteiger partial charge in [0, 0.05) is 5.69 Å². The number of nitrogens with two attached hydrogens (primary N) is 1. The van der Waals surface area contributed by atoms with Crippen LogP contribution in [-0.2, 0) is 6.42 Å². The number of nitrogen functional groups attached to an aromatic ring is 1. The largest absolute Gasteiger partial charge is 0.495 e. The van der Waals surface area contributed by atoms with Gasteiger partial charge in [-0.2, -0.15) is 0 Å². The third-order valence-electron chi connectivity index (χ3n) is 3.18. The Labute approximate surface area is 118 Å². The van der Waals surface area contributed by atoms with Crippen LogP contribution in [0.25, 0.3) is 0 Å². The molecule has 0 aliphatic rings. The van der Waals surface area contributed by atoms with E-state index >= 15 is 0 Å². The van der Waals surface area contributed by atoms with Crippen LogP contribution in [-0.4, -0.2) is 13.0 Å². The van der Waals surface area contributed by atoms with Gasteiger partial charge in [-0.05, 0) is 30.2 Å². The van der Waals surface area contributed by atoms with Gasteiger partial charge in [0.25, 0.3) is 5.91 Å². The van der Waals surface area contributed by atoms with Crippen LogP contribution in [0.1, 0.15) is 22.8 Å². The number of carbonyl (C=O) groups excluding carboxylic acids is 1. The summed E-state index contributed by atoms with van der Waals surface area (Å²) in [6.07, 6.45) is 0.851. The van der Waals surface area contributed by atoms with E-state index in [1.807, 2.05) is 31.2 Å². The lowest BCUT2D eigenvalue weighted by Gasteiger charge is -2.12. The molecule has 0 spiro atoms. The number of aryl methyl sites for hydroxylation is 1. The monoisotopic (exact) mass is 270 g/mol. The first kappa shape index (κ1) is 13.9. The number of methoxy groups -OCH3 is 1. The Morgan fingerprint density at radius 3 is 2.65 bits per heavy atom. The summed E-state index contributed by atoms with van der Waals surface area (Å²) in [6, 6.07) is 12.9. The third kappa shape index (κ3) is 2.74. The normalized spacial score (nSPS) is 10.1. The minimum atomic E-state index is -0.234. The van der Waals surface area contributed by atoms with E-state index in [0.29, 0.717) is 17.0 Å². The first-order valence-electron chi connectivity index (χ1n) is 6.49. The van der Waals surface area contributed by atoms with Gasteiger partial charge in [-0.15, -0.1) is 0 Å². The molecule has 104 valence electrons. The van der Waals surface area contributed by atoms with E-state index in [1.54, 1.807) is 18.2 Å². The van der Waals surface area contributed by atoms with Crippen molar-refractivity contribution in [1.29, 1.82) is 0 Å². The summed E-state index contributed by atoms with van der Waals surface area (Å²) in [5.41, 5.74) is 8.59. The third-order valence-corrected chi connectivity index (χ3v) is 3.18. The SMILES string of the molecule is CCc1ccccc1NC(=O)c1cccc(OC)c1N. The fourth-order valence-electron chi connectivity index (χ4n) is 2.06. The number of benzene rings is 2. The van der Waals surface area contributed by atoms with Crippen LogP contribution in [0.5, 0.6) is 5.75 Å². The molecular formula is C16H18N2O2. The number of ether oxygens (including phenoxy) is 1. The molecule has 2 aromatic rings. The zero-order valence-electron chi connectivity index (χ0n) is 11.6. The predicted octanol–water partition coefficient (Wildman–Crippen LogP) is 3.09. The fourth-order valence-corrected chi connectivity index (χ4v) is 2.06. The molecule has 0 heterocycles. The molecule has 0 saturated heterocycles. The van der Waals surface area contributed by atoms with Gasteiger partial charge in [0.15, 0.2) is 0 Å². The summed E-state index contributed by atoms with van der Waals surface area (Å²) < 4.78 is 5.13. The number of amides is 1. The van der Waals surface area contributed by atoms with Crippen molar-refractivity contribution in [1.82, 2.24) is 0 Å². The molecule has 0 fully saturated rings. The van der Waals surface area contributed by atoms with Crippen molar-refractivity contribution < 1.29 is 9.53 Å². The maximum atomic E-state index is 12.3. The first-order chi connectivity index (χ1) is 9.67. The lowest BCUT2D eigenvalue weighted by atomic mass is 10.1. The highest BCUT2D eigenvalue weighted by Gasteiger charge is 2.14. The van der Waals surface area contributed by atoms with Crippen LogP contribution >= 0.6 is 0 Å². The van der Waals surface area contributed by atoms with Gasteiger partial charge in [0.1, 0.15) is 5.75 Å². The van der Waals surface area contributed by atoms with Gasteiger partial charge in [-0.25, -0.2) is 0 Å². The molecule has 4 nitrogen and oxygen atoms in total. The highest BCUT2D eigenvalue weighted by atomic mass is 16.5. The maximum absolute atomic E-state index is 12.3. The van der Waals surface area contributed by atoms with E-state index in [9.17, 15) is 4.79 Å². The summed E-state index contributed by atoms with van der Waals surface area (Å²) in [6.45, 7) is 2.05. The molecule has 20 heavy (non-hydrogen) atoms. The van der Waals surface area contributed by atoms with Gasteiger partial charge >= 0.3 is 0 Å². The molecule has 0 saturated carbocycles. The number of anilines is 2. The second-order valence-corrected chi connectivity index (χ2v) is 4.39. The Morgan fingerprint density at radius 2 is 1.95 bits per heavy atom. The average molecular weight is 270 g/mol. The molecule has 0 unspecified atom stereocenters. The van der Waals surface area contributed by atoms with Gasteiger partial charge < -0.3 is 15.8 Å². The van der Waals surface area contributed by atoms with E-state index in [0.717, 1.165) is 17.7 Å². The summed E-state index contributed by atoms with van der Waals surface area (Å²) in [5.74, 6) is 0.267. The summed E-state index contributed by atoms with van der Waals surface area (Å²) in [5, 5.41) is 2.90. The van der Waals surface area contributed by atoms with Crippen molar-refractivity contribution in [2.75, 3.05) is 18.2 Å². The van der Waals surface area contributed by atoms with Crippen LogP contribution in [0, 0.1) is 0 Å². The summed E-state index contributed by atoms with van der Waals surface area (Å²) in [4.78, 5) is 12.3. The van der Waals surface area contributed by atoms with Crippen LogP contribution in [0.15, 0.2) is 42.5 Å². The Morgan fingerprint density at radius 1 is 1.20 bits per heavy atom. The van der Waals surface area contributed by atoms with Crippen LogP contribution in [0.4, 0.5) is 11.4 Å². The number of hydrogen-bond acceptors (Lipinski definition) is 3. The molecule has 0 bridgehead atoms. The van der Waals surface area contributed by atoms with Gasteiger partial charge in [0.2, 0.25) is 0 Å². The molecule has 4 heteroatoms. The molecule has 3 N–H and O–H groups in total. The molecule has 2 aromatic carbocycles. The van der Waals surface area contributed by atoms with Crippen molar-refractivity contribution >= 4 is 17.3 Å². The average Bonchev–Trinajstić information content (AvgIpc) is 2.48. The Hall–Kier alpha value is -2.49. The quantitative estimate of drug-likeness (QED) is 0.839. The van der Waals surface area contributed by atoms with Gasteiger partial charge in [0.05, 0.1) is 18.4 Å². The smallest absolute Gasteiger partial charge is 0.257 e. The van der Waals surface area contributed by atoms with Crippen molar-refractivity contribution in [2.24, 2.45) is 0 Å². The Bertz CT molecular complexity index is 624. The minimum absolute atomic E-state index is 0.234. The Kier molecular flexibility index (Phi) is 4.25. The summed E-state index contributed by atoms with van der Waals surface area (Å²) in [7, 11) is 1.53. The zero-order valence-corrected chi connectivity index (χ0v) is 11.6. The number of hydrogen-bond donors (Lipinski definition) is 2. The van der Waals surface area contributed by atoms with Crippen molar-refractivity contribution in [3.8, 4) is 5.75 Å². The maximum Gasteiger partial charge on any atom is 0.257 e. The Balaban J connectivity index is 2.29. The lowest BCUT2D eigenvalue weighted by molar-refractivity contribution is 0.102. The summed E-state index contributed by atoms with van der Waals surface area (Å²) >= 11 is 0. The second-order valence-electron chi connectivity index (χ2n) is 4.39. The van der Waals surface area contributed by atoms with E-state index in [-0.39, 0.29) is 5.91 Å². The lowest BCUT2D eigenvalue weighted by Crippen LogP contribution is -2.15. The number of carbonyl (C=O) groups is 1. The molecule has 0 aromatic heterocycles. The zero-order chi connectivity index (χ0) is 14.5. The fraction of sp³-hybridized carbons (Fsp3) is 0.188. The van der Waals surface area contributed by atoms with Crippen molar-refractivity contribution in [3.63, 3.8) is 0 Å². The van der Waals surface area contributed by atoms with E-state index in [1.165, 1.54) is 7.11 Å². The highest BCUT2D eigenvalue weighted by Crippen LogP contribution is 2.26. The van der Waals surface area contributed by atoms with Gasteiger partial charge in [-0.3, -0.25) is 4.79 Å². The highest BCUT2D eigenvalue weighted by molar-refractivity contribution is 6.08. The van der Waals surface area contributed by atoms with E-state index in [4.69, 9.17) is 10.5 Å². The van der Waals surface area contributed by atoms with E-state index < -0.39 is 0 Å². The molecule has 0 radical (unpaired) electrons.